The van der Waals surface area contributed by atoms with Crippen molar-refractivity contribution in [2.24, 2.45) is 5.92 Å². The van der Waals surface area contributed by atoms with Crippen LogP contribution >= 0.6 is 0 Å². The lowest BCUT2D eigenvalue weighted by Crippen LogP contribution is -2.31. The van der Waals surface area contributed by atoms with Gasteiger partial charge in [0.1, 0.15) is 0 Å². The average Bonchev–Trinajstić information content (AvgIpc) is 2.65. The maximum absolute atomic E-state index is 12.1. The summed E-state index contributed by atoms with van der Waals surface area (Å²) in [6.45, 7) is -1.78. The van der Waals surface area contributed by atoms with E-state index in [0.29, 0.717) is 12.0 Å². The Morgan fingerprint density at radius 3 is 3.12 bits per heavy atom. The van der Waals surface area contributed by atoms with Crippen LogP contribution in [0.1, 0.15) is 30.1 Å². The van der Waals surface area contributed by atoms with Crippen molar-refractivity contribution in [1.29, 1.82) is 0 Å². The Kier molecular flexibility index (Phi) is 2.70. The molecule has 0 amide bonds. The number of halogens is 2. The third-order valence-electron chi connectivity index (χ3n) is 3.57. The van der Waals surface area contributed by atoms with Crippen LogP contribution in [0.3, 0.4) is 0 Å². The van der Waals surface area contributed by atoms with Crippen LogP contribution in [0, 0.1) is 5.92 Å². The number of hydrogen-bond donors (Lipinski definition) is 1. The summed E-state index contributed by atoms with van der Waals surface area (Å²) in [7, 11) is 0. The predicted molar refractivity (Wildman–Crippen MR) is 58.0 cm³/mol. The summed E-state index contributed by atoms with van der Waals surface area (Å²) >= 11 is 0. The van der Waals surface area contributed by atoms with Crippen molar-refractivity contribution < 1.29 is 13.5 Å². The Morgan fingerprint density at radius 2 is 2.29 bits per heavy atom. The molecule has 2 aliphatic rings. The number of ether oxygens (including phenoxy) is 1. The van der Waals surface area contributed by atoms with Crippen LogP contribution in [0.2, 0.25) is 0 Å². The third-order valence-corrected chi connectivity index (χ3v) is 3.57. The molecule has 1 N–H and O–H groups in total. The minimum Gasteiger partial charge on any atom is -0.417 e. The highest BCUT2D eigenvalue weighted by molar-refractivity contribution is 5.34. The van der Waals surface area contributed by atoms with E-state index in [1.54, 1.807) is 0 Å². The number of piperidine rings is 1. The normalized spacial score (nSPS) is 26.8. The molecule has 92 valence electrons. The number of aromatic nitrogens is 1. The summed E-state index contributed by atoms with van der Waals surface area (Å²) in [6.07, 6.45) is 3.22. The average molecular weight is 240 g/mol. The van der Waals surface area contributed by atoms with Crippen molar-refractivity contribution in [2.75, 3.05) is 6.54 Å². The molecule has 1 aliphatic carbocycles. The van der Waals surface area contributed by atoms with Gasteiger partial charge in [-0.1, -0.05) is 6.07 Å². The minimum atomic E-state index is -2.80. The highest BCUT2D eigenvalue weighted by atomic mass is 19.3. The molecule has 1 fully saturated rings. The number of nitrogens with one attached hydrogen (secondary N) is 1. The van der Waals surface area contributed by atoms with Crippen molar-refractivity contribution in [3.63, 3.8) is 0 Å². The summed E-state index contributed by atoms with van der Waals surface area (Å²) in [5, 5.41) is 3.47. The molecule has 1 aliphatic heterocycles. The van der Waals surface area contributed by atoms with E-state index in [-0.39, 0.29) is 5.88 Å². The number of alkyl halides is 2. The molecule has 2 atom stereocenters. The number of hydrogen-bond acceptors (Lipinski definition) is 3. The monoisotopic (exact) mass is 240 g/mol. The Balaban J connectivity index is 1.86. The molecule has 2 heterocycles. The van der Waals surface area contributed by atoms with E-state index in [1.165, 1.54) is 18.9 Å². The Hall–Kier alpha value is -1.23. The molecule has 0 aromatic carbocycles. The minimum absolute atomic E-state index is 0.0254. The molecule has 0 radical (unpaired) electrons. The van der Waals surface area contributed by atoms with Crippen LogP contribution in [-0.4, -0.2) is 18.1 Å². The zero-order valence-electron chi connectivity index (χ0n) is 9.33. The fourth-order valence-corrected chi connectivity index (χ4v) is 2.88. The molecule has 1 saturated heterocycles. The lowest BCUT2D eigenvalue weighted by Gasteiger charge is -2.26. The van der Waals surface area contributed by atoms with Gasteiger partial charge in [0.25, 0.3) is 0 Å². The van der Waals surface area contributed by atoms with Crippen molar-refractivity contribution >= 4 is 0 Å². The van der Waals surface area contributed by atoms with E-state index < -0.39 is 6.61 Å². The first kappa shape index (κ1) is 10.9. The molecule has 17 heavy (non-hydrogen) atoms. The van der Waals surface area contributed by atoms with E-state index in [2.05, 4.69) is 15.0 Å². The van der Waals surface area contributed by atoms with Gasteiger partial charge in [0, 0.05) is 17.8 Å². The van der Waals surface area contributed by atoms with Gasteiger partial charge < -0.3 is 10.1 Å². The Labute approximate surface area is 98.2 Å². The van der Waals surface area contributed by atoms with Gasteiger partial charge in [0.15, 0.2) is 0 Å². The second-order valence-corrected chi connectivity index (χ2v) is 4.60. The van der Waals surface area contributed by atoms with Crippen molar-refractivity contribution in [1.82, 2.24) is 10.3 Å². The van der Waals surface area contributed by atoms with Crippen molar-refractivity contribution in [3.8, 4) is 5.88 Å². The molecule has 3 rings (SSSR count). The summed E-state index contributed by atoms with van der Waals surface area (Å²) in [5.74, 6) is 0.588. The number of pyridine rings is 1. The van der Waals surface area contributed by atoms with Crippen molar-refractivity contribution in [2.45, 2.75) is 31.9 Å². The van der Waals surface area contributed by atoms with E-state index in [1.807, 2.05) is 6.07 Å². The van der Waals surface area contributed by atoms with E-state index in [9.17, 15) is 8.78 Å². The van der Waals surface area contributed by atoms with Gasteiger partial charge in [0.2, 0.25) is 5.88 Å². The van der Waals surface area contributed by atoms with Crippen LogP contribution in [0.4, 0.5) is 8.78 Å². The van der Waals surface area contributed by atoms with Crippen LogP contribution in [0.15, 0.2) is 12.1 Å². The molecular weight excluding hydrogens is 226 g/mol. The van der Waals surface area contributed by atoms with Crippen LogP contribution in [0.25, 0.3) is 0 Å². The summed E-state index contributed by atoms with van der Waals surface area (Å²) in [6, 6.07) is 3.75. The number of nitrogens with zero attached hydrogens (tertiary/aromatic N) is 1. The molecule has 1 aromatic heterocycles. The van der Waals surface area contributed by atoms with Gasteiger partial charge in [-0.15, -0.1) is 0 Å². The molecule has 2 unspecified atom stereocenters. The first-order chi connectivity index (χ1) is 8.24. The standard InChI is InChI=1S/C12H14F2N2O/c13-12(14)17-10-4-3-8-9(16-10)6-7-2-1-5-15-11(7)8/h3-4,7,11-12,15H,1-2,5-6H2. The Morgan fingerprint density at radius 1 is 1.41 bits per heavy atom. The summed E-state index contributed by atoms with van der Waals surface area (Å²) in [4.78, 5) is 4.18. The third kappa shape index (κ3) is 1.99. The Bertz CT molecular complexity index is 425. The fraction of sp³-hybridized carbons (Fsp3) is 0.583. The lowest BCUT2D eigenvalue weighted by molar-refractivity contribution is -0.0529. The molecular formula is C12H14F2N2O. The zero-order chi connectivity index (χ0) is 11.8. The van der Waals surface area contributed by atoms with Gasteiger partial charge in [-0.3, -0.25) is 0 Å². The zero-order valence-corrected chi connectivity index (χ0v) is 9.33. The smallest absolute Gasteiger partial charge is 0.388 e. The molecule has 1 aromatic rings. The van der Waals surface area contributed by atoms with Crippen LogP contribution in [0.5, 0.6) is 5.88 Å². The number of rotatable bonds is 2. The highest BCUT2D eigenvalue weighted by Crippen LogP contribution is 2.40. The second-order valence-electron chi connectivity index (χ2n) is 4.60. The van der Waals surface area contributed by atoms with E-state index in [0.717, 1.165) is 24.2 Å². The van der Waals surface area contributed by atoms with Gasteiger partial charge in [-0.05, 0) is 37.3 Å². The van der Waals surface area contributed by atoms with Crippen LogP contribution in [-0.2, 0) is 6.42 Å². The summed E-state index contributed by atoms with van der Waals surface area (Å²) < 4.78 is 28.5. The highest BCUT2D eigenvalue weighted by Gasteiger charge is 2.35. The predicted octanol–water partition coefficient (Wildman–Crippen LogP) is 2.28. The van der Waals surface area contributed by atoms with E-state index in [4.69, 9.17) is 0 Å². The topological polar surface area (TPSA) is 34.1 Å². The maximum atomic E-state index is 12.1. The molecule has 5 heteroatoms. The maximum Gasteiger partial charge on any atom is 0.388 e. The van der Waals surface area contributed by atoms with Gasteiger partial charge in [-0.25, -0.2) is 4.98 Å². The fourth-order valence-electron chi connectivity index (χ4n) is 2.88. The molecule has 0 bridgehead atoms. The van der Waals surface area contributed by atoms with Gasteiger partial charge in [-0.2, -0.15) is 8.78 Å². The summed E-state index contributed by atoms with van der Waals surface area (Å²) in [5.41, 5.74) is 2.06. The molecule has 0 saturated carbocycles. The van der Waals surface area contributed by atoms with Gasteiger partial charge >= 0.3 is 6.61 Å². The SMILES string of the molecule is FC(F)Oc1ccc2c(n1)CC1CCCNC21. The first-order valence-corrected chi connectivity index (χ1v) is 5.92. The first-order valence-electron chi connectivity index (χ1n) is 5.92. The van der Waals surface area contributed by atoms with Crippen molar-refractivity contribution in [3.05, 3.63) is 23.4 Å². The molecule has 3 nitrogen and oxygen atoms in total. The van der Waals surface area contributed by atoms with Gasteiger partial charge in [0.05, 0.1) is 0 Å². The number of fused-ring (bicyclic) bond motifs is 3. The quantitative estimate of drug-likeness (QED) is 0.861. The second kappa shape index (κ2) is 4.22. The van der Waals surface area contributed by atoms with Crippen LogP contribution < -0.4 is 10.1 Å². The van der Waals surface area contributed by atoms with E-state index >= 15 is 0 Å². The largest absolute Gasteiger partial charge is 0.417 e. The molecule has 0 spiro atoms. The lowest BCUT2D eigenvalue weighted by atomic mass is 9.92.